The Labute approximate surface area is 93.3 Å². The molecule has 1 rings (SSSR count). The summed E-state index contributed by atoms with van der Waals surface area (Å²) in [6.07, 6.45) is 4.19. The third-order valence-electron chi connectivity index (χ3n) is 2.83. The standard InChI is InChI=1S/C11H16O5/c1-2-3-5-10(9(13)14)6-4-8(12)7-11(10,15)16/h4,6-7,12,15-16H,2-3,5H2,1H3,(H,13,14)/p-1. The number of allylic oxidation sites excluding steroid dienone is 1. The van der Waals surface area contributed by atoms with Crippen LogP contribution >= 0.6 is 0 Å². The molecule has 1 aliphatic rings. The van der Waals surface area contributed by atoms with Crippen LogP contribution in [0.25, 0.3) is 0 Å². The van der Waals surface area contributed by atoms with Crippen molar-refractivity contribution in [2.75, 3.05) is 0 Å². The van der Waals surface area contributed by atoms with Gasteiger partial charge in [-0.1, -0.05) is 25.8 Å². The lowest BCUT2D eigenvalue weighted by Crippen LogP contribution is -2.57. The molecule has 3 N–H and O–H groups in total. The molecular weight excluding hydrogens is 212 g/mol. The molecule has 0 aromatic rings. The topological polar surface area (TPSA) is 101 Å². The van der Waals surface area contributed by atoms with E-state index in [0.717, 1.165) is 12.2 Å². The zero-order valence-electron chi connectivity index (χ0n) is 9.01. The smallest absolute Gasteiger partial charge is 0.201 e. The van der Waals surface area contributed by atoms with Crippen LogP contribution in [0, 0.1) is 5.41 Å². The minimum atomic E-state index is -2.63. The van der Waals surface area contributed by atoms with E-state index in [1.165, 1.54) is 0 Å². The lowest BCUT2D eigenvalue weighted by molar-refractivity contribution is -0.334. The third-order valence-corrected chi connectivity index (χ3v) is 2.83. The minimum Gasteiger partial charge on any atom is -0.549 e. The van der Waals surface area contributed by atoms with E-state index in [9.17, 15) is 20.1 Å². The SMILES string of the molecule is CCCCC1(C(=O)[O-])C=CC(O)=CC1(O)O. The minimum absolute atomic E-state index is 0.0408. The molecule has 16 heavy (non-hydrogen) atoms. The fraction of sp³-hybridized carbons (Fsp3) is 0.545. The molecule has 0 bridgehead atoms. The normalized spacial score (nSPS) is 27.6. The molecule has 0 fully saturated rings. The first-order chi connectivity index (χ1) is 7.35. The average Bonchev–Trinajstić information content (AvgIpc) is 2.15. The zero-order valence-corrected chi connectivity index (χ0v) is 9.01. The predicted molar refractivity (Wildman–Crippen MR) is 54.0 cm³/mol. The number of aliphatic hydroxyl groups is 3. The Morgan fingerprint density at radius 1 is 1.50 bits per heavy atom. The van der Waals surface area contributed by atoms with Gasteiger partial charge in [-0.3, -0.25) is 0 Å². The molecule has 5 heteroatoms. The highest BCUT2D eigenvalue weighted by molar-refractivity contribution is 5.77. The highest BCUT2D eigenvalue weighted by atomic mass is 16.5. The van der Waals surface area contributed by atoms with Crippen LogP contribution in [0.4, 0.5) is 0 Å². The van der Waals surface area contributed by atoms with Gasteiger partial charge >= 0.3 is 0 Å². The molecule has 1 atom stereocenters. The average molecular weight is 227 g/mol. The lowest BCUT2D eigenvalue weighted by Gasteiger charge is -2.42. The summed E-state index contributed by atoms with van der Waals surface area (Å²) in [5.74, 6) is -4.57. The van der Waals surface area contributed by atoms with Gasteiger partial charge in [-0.15, -0.1) is 0 Å². The Hall–Kier alpha value is -1.33. The van der Waals surface area contributed by atoms with Gasteiger partial charge in [0.2, 0.25) is 5.79 Å². The maximum Gasteiger partial charge on any atom is 0.201 e. The van der Waals surface area contributed by atoms with Crippen LogP contribution in [0.5, 0.6) is 0 Å². The van der Waals surface area contributed by atoms with Crippen molar-refractivity contribution in [1.29, 1.82) is 0 Å². The Morgan fingerprint density at radius 3 is 2.56 bits per heavy atom. The van der Waals surface area contributed by atoms with E-state index in [0.29, 0.717) is 18.9 Å². The van der Waals surface area contributed by atoms with Crippen LogP contribution in [0.15, 0.2) is 24.0 Å². The van der Waals surface area contributed by atoms with Crippen molar-refractivity contribution in [2.24, 2.45) is 5.41 Å². The summed E-state index contributed by atoms with van der Waals surface area (Å²) < 4.78 is 0. The van der Waals surface area contributed by atoms with Gasteiger partial charge in [0.15, 0.2) is 0 Å². The van der Waals surface area contributed by atoms with Crippen LogP contribution in [0.3, 0.4) is 0 Å². The van der Waals surface area contributed by atoms with E-state index in [1.807, 2.05) is 6.92 Å². The van der Waals surface area contributed by atoms with Gasteiger partial charge in [-0.25, -0.2) is 0 Å². The molecule has 0 aromatic carbocycles. The number of aliphatic carboxylic acids is 1. The number of carboxylic acid groups (broad SMARTS) is 1. The van der Waals surface area contributed by atoms with E-state index in [-0.39, 0.29) is 12.2 Å². The second-order valence-electron chi connectivity index (χ2n) is 3.99. The van der Waals surface area contributed by atoms with Gasteiger partial charge in [0, 0.05) is 6.08 Å². The molecule has 0 radical (unpaired) electrons. The lowest BCUT2D eigenvalue weighted by atomic mass is 9.72. The van der Waals surface area contributed by atoms with E-state index >= 15 is 0 Å². The van der Waals surface area contributed by atoms with Crippen molar-refractivity contribution >= 4 is 5.97 Å². The van der Waals surface area contributed by atoms with Gasteiger partial charge in [-0.05, 0) is 12.5 Å². The molecule has 0 heterocycles. The first kappa shape index (κ1) is 12.7. The van der Waals surface area contributed by atoms with Crippen LogP contribution in [0.1, 0.15) is 26.2 Å². The summed E-state index contributed by atoms with van der Waals surface area (Å²) in [6.45, 7) is 1.86. The zero-order chi connectivity index (χ0) is 12.4. The number of carbonyl (C=O) groups excluding carboxylic acids is 1. The largest absolute Gasteiger partial charge is 0.549 e. The van der Waals surface area contributed by atoms with E-state index in [2.05, 4.69) is 0 Å². The number of aliphatic hydroxyl groups excluding tert-OH is 1. The summed E-state index contributed by atoms with van der Waals surface area (Å²) in [5.41, 5.74) is -1.89. The monoisotopic (exact) mass is 227 g/mol. The van der Waals surface area contributed by atoms with E-state index in [4.69, 9.17) is 5.11 Å². The van der Waals surface area contributed by atoms with Crippen molar-refractivity contribution in [3.05, 3.63) is 24.0 Å². The molecule has 0 aromatic heterocycles. The van der Waals surface area contributed by atoms with Gasteiger partial charge in [0.05, 0.1) is 11.4 Å². The highest BCUT2D eigenvalue weighted by Gasteiger charge is 2.49. The Morgan fingerprint density at radius 2 is 2.12 bits per heavy atom. The number of carboxylic acids is 1. The predicted octanol–water partition coefficient (Wildman–Crippen LogP) is -0.395. The molecule has 0 amide bonds. The Kier molecular flexibility index (Phi) is 3.40. The summed E-state index contributed by atoms with van der Waals surface area (Å²) in [4.78, 5) is 11.1. The molecule has 0 saturated carbocycles. The molecule has 5 nitrogen and oxygen atoms in total. The first-order valence-electron chi connectivity index (χ1n) is 5.13. The highest BCUT2D eigenvalue weighted by Crippen LogP contribution is 2.40. The van der Waals surface area contributed by atoms with E-state index < -0.39 is 17.2 Å². The van der Waals surface area contributed by atoms with Gasteiger partial charge in [-0.2, -0.15) is 0 Å². The summed E-state index contributed by atoms with van der Waals surface area (Å²) in [7, 11) is 0. The molecular formula is C11H15O5-. The molecule has 0 saturated heterocycles. The van der Waals surface area contributed by atoms with Crippen LogP contribution in [-0.4, -0.2) is 27.1 Å². The summed E-state index contributed by atoms with van der Waals surface area (Å²) in [6, 6.07) is 0. The second-order valence-corrected chi connectivity index (χ2v) is 3.99. The molecule has 0 aliphatic heterocycles. The van der Waals surface area contributed by atoms with Crippen molar-refractivity contribution in [2.45, 2.75) is 32.0 Å². The van der Waals surface area contributed by atoms with Crippen molar-refractivity contribution in [1.82, 2.24) is 0 Å². The molecule has 1 aliphatic carbocycles. The van der Waals surface area contributed by atoms with Crippen molar-refractivity contribution < 1.29 is 25.2 Å². The molecule has 1 unspecified atom stereocenters. The number of hydrogen-bond acceptors (Lipinski definition) is 5. The quantitative estimate of drug-likeness (QED) is 0.567. The Balaban J connectivity index is 3.12. The van der Waals surface area contributed by atoms with Gasteiger partial charge < -0.3 is 25.2 Å². The van der Waals surface area contributed by atoms with Crippen LogP contribution < -0.4 is 5.11 Å². The molecule has 0 spiro atoms. The summed E-state index contributed by atoms with van der Waals surface area (Å²) in [5, 5.41) is 39.6. The third kappa shape index (κ3) is 1.96. The first-order valence-corrected chi connectivity index (χ1v) is 5.13. The molecule has 90 valence electrons. The fourth-order valence-corrected chi connectivity index (χ4v) is 1.78. The van der Waals surface area contributed by atoms with Crippen LogP contribution in [-0.2, 0) is 4.79 Å². The van der Waals surface area contributed by atoms with Crippen LogP contribution in [0.2, 0.25) is 0 Å². The van der Waals surface area contributed by atoms with Crippen molar-refractivity contribution in [3.63, 3.8) is 0 Å². The van der Waals surface area contributed by atoms with Gasteiger partial charge in [0.25, 0.3) is 0 Å². The maximum absolute atomic E-state index is 11.1. The van der Waals surface area contributed by atoms with Crippen molar-refractivity contribution in [3.8, 4) is 0 Å². The fourth-order valence-electron chi connectivity index (χ4n) is 1.78. The van der Waals surface area contributed by atoms with E-state index in [1.54, 1.807) is 0 Å². The summed E-state index contributed by atoms with van der Waals surface area (Å²) >= 11 is 0. The maximum atomic E-state index is 11.1. The number of unbranched alkanes of at least 4 members (excludes halogenated alkanes) is 1. The second kappa shape index (κ2) is 4.27. The Bertz CT molecular complexity index is 342. The number of hydrogen-bond donors (Lipinski definition) is 3. The number of carbonyl (C=O) groups is 1. The number of rotatable bonds is 4. The van der Waals surface area contributed by atoms with Gasteiger partial charge in [0.1, 0.15) is 5.76 Å².